The van der Waals surface area contributed by atoms with Crippen LogP contribution in [-0.4, -0.2) is 18.5 Å². The predicted molar refractivity (Wildman–Crippen MR) is 73.2 cm³/mol. The fourth-order valence-corrected chi connectivity index (χ4v) is 2.32. The molecule has 1 amide bonds. The molecule has 2 rings (SSSR count). The third kappa shape index (κ3) is 3.80. The summed E-state index contributed by atoms with van der Waals surface area (Å²) in [6.07, 6.45) is 2.04. The third-order valence-corrected chi connectivity index (χ3v) is 3.53. The Hall–Kier alpha value is -1.86. The second kappa shape index (κ2) is 6.35. The van der Waals surface area contributed by atoms with Crippen LogP contribution in [0.25, 0.3) is 0 Å². The number of carbonyl (C=O) groups excluding carboxylic acids is 1. The standard InChI is InChI=1S/C15H19N3O/c1-11-6-7-17-14(8-11)15(19)18-10-13-4-2-12(9-16)3-5-13/h2-5,11,14,17H,6-8,10H2,1H3,(H,18,19). The molecule has 100 valence electrons. The van der Waals surface area contributed by atoms with Gasteiger partial charge in [0, 0.05) is 6.54 Å². The average Bonchev–Trinajstić information content (AvgIpc) is 2.45. The fourth-order valence-electron chi connectivity index (χ4n) is 2.32. The molecule has 2 unspecified atom stereocenters. The SMILES string of the molecule is CC1CCNC(C(=O)NCc2ccc(C#N)cc2)C1. The molecule has 1 aliphatic heterocycles. The van der Waals surface area contributed by atoms with Crippen LogP contribution in [0.2, 0.25) is 0 Å². The zero-order valence-corrected chi connectivity index (χ0v) is 11.1. The maximum absolute atomic E-state index is 12.0. The van der Waals surface area contributed by atoms with Crippen molar-refractivity contribution in [3.63, 3.8) is 0 Å². The quantitative estimate of drug-likeness (QED) is 0.863. The Kier molecular flexibility index (Phi) is 4.53. The number of carbonyl (C=O) groups is 1. The van der Waals surface area contributed by atoms with Crippen molar-refractivity contribution in [3.05, 3.63) is 35.4 Å². The average molecular weight is 257 g/mol. The highest BCUT2D eigenvalue weighted by molar-refractivity contribution is 5.81. The number of nitriles is 1. The van der Waals surface area contributed by atoms with Gasteiger partial charge in [-0.2, -0.15) is 5.26 Å². The molecular weight excluding hydrogens is 238 g/mol. The van der Waals surface area contributed by atoms with E-state index in [1.165, 1.54) is 0 Å². The lowest BCUT2D eigenvalue weighted by Crippen LogP contribution is -2.48. The summed E-state index contributed by atoms with van der Waals surface area (Å²) in [4.78, 5) is 12.0. The highest BCUT2D eigenvalue weighted by atomic mass is 16.2. The van der Waals surface area contributed by atoms with Gasteiger partial charge in [-0.1, -0.05) is 19.1 Å². The van der Waals surface area contributed by atoms with Crippen molar-refractivity contribution in [2.75, 3.05) is 6.54 Å². The molecule has 2 N–H and O–H groups in total. The summed E-state index contributed by atoms with van der Waals surface area (Å²) in [5, 5.41) is 14.9. The minimum atomic E-state index is -0.0675. The lowest BCUT2D eigenvalue weighted by molar-refractivity contribution is -0.124. The molecule has 4 heteroatoms. The number of piperidine rings is 1. The second-order valence-electron chi connectivity index (χ2n) is 5.16. The first-order valence-corrected chi connectivity index (χ1v) is 6.69. The molecule has 1 heterocycles. The molecule has 1 saturated heterocycles. The first-order chi connectivity index (χ1) is 9.19. The number of amides is 1. The van der Waals surface area contributed by atoms with Gasteiger partial charge in [0.1, 0.15) is 0 Å². The minimum absolute atomic E-state index is 0.0657. The first kappa shape index (κ1) is 13.6. The molecule has 4 nitrogen and oxygen atoms in total. The largest absolute Gasteiger partial charge is 0.351 e. The lowest BCUT2D eigenvalue weighted by atomic mass is 9.94. The maximum atomic E-state index is 12.0. The zero-order chi connectivity index (χ0) is 13.7. The van der Waals surface area contributed by atoms with E-state index < -0.39 is 0 Å². The molecule has 0 aliphatic carbocycles. The van der Waals surface area contributed by atoms with Gasteiger partial charge in [-0.05, 0) is 43.0 Å². The number of hydrogen-bond donors (Lipinski definition) is 2. The Balaban J connectivity index is 1.84. The van der Waals surface area contributed by atoms with Gasteiger partial charge in [0.2, 0.25) is 5.91 Å². The Bertz CT molecular complexity index is 475. The molecule has 0 saturated carbocycles. The Morgan fingerprint density at radius 1 is 1.47 bits per heavy atom. The molecule has 1 aliphatic rings. The van der Waals surface area contributed by atoms with Gasteiger partial charge in [-0.15, -0.1) is 0 Å². The van der Waals surface area contributed by atoms with Crippen LogP contribution in [0.1, 0.15) is 30.9 Å². The topological polar surface area (TPSA) is 64.9 Å². The smallest absolute Gasteiger partial charge is 0.237 e. The van der Waals surface area contributed by atoms with Crippen molar-refractivity contribution in [1.82, 2.24) is 10.6 Å². The van der Waals surface area contributed by atoms with Crippen LogP contribution in [0.5, 0.6) is 0 Å². The second-order valence-corrected chi connectivity index (χ2v) is 5.16. The van der Waals surface area contributed by atoms with E-state index in [1.807, 2.05) is 12.1 Å². The number of nitrogens with one attached hydrogen (secondary N) is 2. The summed E-state index contributed by atoms with van der Waals surface area (Å²) in [7, 11) is 0. The fraction of sp³-hybridized carbons (Fsp3) is 0.467. The van der Waals surface area contributed by atoms with E-state index in [0.717, 1.165) is 24.9 Å². The van der Waals surface area contributed by atoms with Crippen LogP contribution in [-0.2, 0) is 11.3 Å². The summed E-state index contributed by atoms with van der Waals surface area (Å²) in [5.41, 5.74) is 1.65. The molecule has 1 aromatic carbocycles. The van der Waals surface area contributed by atoms with E-state index in [2.05, 4.69) is 23.6 Å². The Morgan fingerprint density at radius 2 is 2.21 bits per heavy atom. The Morgan fingerprint density at radius 3 is 2.84 bits per heavy atom. The van der Waals surface area contributed by atoms with Crippen molar-refractivity contribution in [2.24, 2.45) is 5.92 Å². The van der Waals surface area contributed by atoms with E-state index in [9.17, 15) is 4.79 Å². The summed E-state index contributed by atoms with van der Waals surface area (Å²) in [6.45, 7) is 3.61. The number of hydrogen-bond acceptors (Lipinski definition) is 3. The molecule has 2 atom stereocenters. The zero-order valence-electron chi connectivity index (χ0n) is 11.1. The van der Waals surface area contributed by atoms with E-state index in [0.29, 0.717) is 18.0 Å². The van der Waals surface area contributed by atoms with Crippen LogP contribution in [0.4, 0.5) is 0 Å². The normalized spacial score (nSPS) is 22.5. The van der Waals surface area contributed by atoms with Gasteiger partial charge in [0.25, 0.3) is 0 Å². The van der Waals surface area contributed by atoms with Gasteiger partial charge in [0.05, 0.1) is 17.7 Å². The molecular formula is C15H19N3O. The van der Waals surface area contributed by atoms with Crippen molar-refractivity contribution in [1.29, 1.82) is 5.26 Å². The predicted octanol–water partition coefficient (Wildman–Crippen LogP) is 1.56. The number of rotatable bonds is 3. The molecule has 0 aromatic heterocycles. The van der Waals surface area contributed by atoms with Crippen molar-refractivity contribution in [2.45, 2.75) is 32.4 Å². The summed E-state index contributed by atoms with van der Waals surface area (Å²) in [6, 6.07) is 9.28. The minimum Gasteiger partial charge on any atom is -0.351 e. The van der Waals surface area contributed by atoms with Gasteiger partial charge in [-0.25, -0.2) is 0 Å². The van der Waals surface area contributed by atoms with Gasteiger partial charge >= 0.3 is 0 Å². The van der Waals surface area contributed by atoms with E-state index in [4.69, 9.17) is 5.26 Å². The molecule has 19 heavy (non-hydrogen) atoms. The highest BCUT2D eigenvalue weighted by Crippen LogP contribution is 2.15. The van der Waals surface area contributed by atoms with Crippen LogP contribution in [0.3, 0.4) is 0 Å². The van der Waals surface area contributed by atoms with E-state index in [1.54, 1.807) is 12.1 Å². The monoisotopic (exact) mass is 257 g/mol. The maximum Gasteiger partial charge on any atom is 0.237 e. The highest BCUT2D eigenvalue weighted by Gasteiger charge is 2.23. The molecule has 0 spiro atoms. The third-order valence-electron chi connectivity index (χ3n) is 3.53. The molecule has 0 bridgehead atoms. The summed E-state index contributed by atoms with van der Waals surface area (Å²) in [5.74, 6) is 0.669. The van der Waals surface area contributed by atoms with Gasteiger partial charge in [-0.3, -0.25) is 4.79 Å². The lowest BCUT2D eigenvalue weighted by Gasteiger charge is -2.27. The molecule has 1 fully saturated rings. The molecule has 0 radical (unpaired) electrons. The van der Waals surface area contributed by atoms with Crippen molar-refractivity contribution in [3.8, 4) is 6.07 Å². The van der Waals surface area contributed by atoms with Gasteiger partial charge in [0.15, 0.2) is 0 Å². The van der Waals surface area contributed by atoms with Crippen LogP contribution >= 0.6 is 0 Å². The molecule has 1 aromatic rings. The summed E-state index contributed by atoms with van der Waals surface area (Å²) < 4.78 is 0. The summed E-state index contributed by atoms with van der Waals surface area (Å²) >= 11 is 0. The Labute approximate surface area is 113 Å². The van der Waals surface area contributed by atoms with E-state index in [-0.39, 0.29) is 11.9 Å². The van der Waals surface area contributed by atoms with Gasteiger partial charge < -0.3 is 10.6 Å². The van der Waals surface area contributed by atoms with Crippen molar-refractivity contribution >= 4 is 5.91 Å². The number of benzene rings is 1. The van der Waals surface area contributed by atoms with Crippen LogP contribution in [0, 0.1) is 17.2 Å². The van der Waals surface area contributed by atoms with E-state index >= 15 is 0 Å². The van der Waals surface area contributed by atoms with Crippen LogP contribution < -0.4 is 10.6 Å². The van der Waals surface area contributed by atoms with Crippen LogP contribution in [0.15, 0.2) is 24.3 Å². The first-order valence-electron chi connectivity index (χ1n) is 6.69. The van der Waals surface area contributed by atoms with Crippen molar-refractivity contribution < 1.29 is 4.79 Å². The number of nitrogens with zero attached hydrogens (tertiary/aromatic N) is 1.